The molecule has 5 unspecified atom stereocenters. The van der Waals surface area contributed by atoms with E-state index in [1.165, 1.54) is 43.0 Å². The molecule has 0 aliphatic heterocycles. The first kappa shape index (κ1) is 30.7. The quantitative estimate of drug-likeness (QED) is 0.129. The summed E-state index contributed by atoms with van der Waals surface area (Å²) in [7, 11) is 0. The van der Waals surface area contributed by atoms with Crippen molar-refractivity contribution in [1.29, 1.82) is 0 Å². The van der Waals surface area contributed by atoms with Gasteiger partial charge in [-0.15, -0.1) is 0 Å². The lowest BCUT2D eigenvalue weighted by atomic mass is 10.0. The summed E-state index contributed by atoms with van der Waals surface area (Å²) in [6, 6.07) is 0.308. The van der Waals surface area contributed by atoms with Gasteiger partial charge < -0.3 is 42.1 Å². The Morgan fingerprint density at radius 3 is 1.94 bits per heavy atom. The zero-order valence-corrected chi connectivity index (χ0v) is 20.7. The molecule has 0 aromatic heterocycles. The summed E-state index contributed by atoms with van der Waals surface area (Å²) in [6.45, 7) is 1.30. The van der Waals surface area contributed by atoms with Gasteiger partial charge in [0.15, 0.2) is 0 Å². The van der Waals surface area contributed by atoms with E-state index in [2.05, 4.69) is 16.0 Å². The number of aromatic hydroxyl groups is 1. The minimum Gasteiger partial charge on any atom is -0.508 e. The molecular weight excluding hydrogens is 496 g/mol. The number of carboxylic acids is 2. The second-order valence-electron chi connectivity index (χ2n) is 8.04. The highest BCUT2D eigenvalue weighted by molar-refractivity contribution is 7.98. The fraction of sp³-hybridized carbons (Fsp3) is 0.500. The number of aliphatic hydroxyl groups excluding tert-OH is 1. The zero-order valence-electron chi connectivity index (χ0n) is 19.8. The molecule has 0 spiro atoms. The minimum absolute atomic E-state index is 0.0111. The molecule has 1 aromatic carbocycles. The van der Waals surface area contributed by atoms with Crippen LogP contribution in [0, 0.1) is 0 Å². The number of aliphatic hydroxyl groups is 1. The third-order valence-corrected chi connectivity index (χ3v) is 5.71. The van der Waals surface area contributed by atoms with Crippen molar-refractivity contribution in [1.82, 2.24) is 16.0 Å². The van der Waals surface area contributed by atoms with Crippen LogP contribution in [0.1, 0.15) is 25.3 Å². The van der Waals surface area contributed by atoms with Crippen molar-refractivity contribution in [3.63, 3.8) is 0 Å². The number of aliphatic carboxylic acids is 2. The molecule has 0 aliphatic rings. The van der Waals surface area contributed by atoms with Crippen molar-refractivity contribution in [3.05, 3.63) is 29.8 Å². The van der Waals surface area contributed by atoms with Crippen LogP contribution in [0.25, 0.3) is 0 Å². The van der Waals surface area contributed by atoms with Gasteiger partial charge >= 0.3 is 11.9 Å². The Kier molecular flexibility index (Phi) is 12.7. The molecule has 0 aliphatic carbocycles. The molecule has 200 valence electrons. The van der Waals surface area contributed by atoms with Crippen LogP contribution in [0.5, 0.6) is 5.75 Å². The van der Waals surface area contributed by atoms with E-state index in [9.17, 15) is 39.3 Å². The Morgan fingerprint density at radius 1 is 0.917 bits per heavy atom. The number of carbonyl (C=O) groups is 5. The number of phenols is 1. The van der Waals surface area contributed by atoms with Gasteiger partial charge in [-0.2, -0.15) is 11.8 Å². The van der Waals surface area contributed by atoms with Gasteiger partial charge in [-0.1, -0.05) is 12.1 Å². The topological polar surface area (TPSA) is 228 Å². The number of hydrogen-bond acceptors (Lipinski definition) is 9. The second-order valence-corrected chi connectivity index (χ2v) is 9.02. The molecule has 0 radical (unpaired) electrons. The highest BCUT2D eigenvalue weighted by atomic mass is 32.2. The predicted octanol–water partition coefficient (Wildman–Crippen LogP) is -1.59. The Morgan fingerprint density at radius 2 is 1.44 bits per heavy atom. The average Bonchev–Trinajstić information content (AvgIpc) is 2.80. The molecule has 5 atom stereocenters. The maximum atomic E-state index is 13.1. The summed E-state index contributed by atoms with van der Waals surface area (Å²) in [5.74, 6) is -5.10. The Balaban J connectivity index is 3.12. The van der Waals surface area contributed by atoms with Crippen LogP contribution in [-0.2, 0) is 30.4 Å². The molecule has 1 rings (SSSR count). The molecule has 13 nitrogen and oxygen atoms in total. The summed E-state index contributed by atoms with van der Waals surface area (Å²) in [5, 5.41) is 44.2. The number of carbonyl (C=O) groups excluding carboxylic acids is 3. The van der Waals surface area contributed by atoms with Crippen molar-refractivity contribution < 1.29 is 44.4 Å². The van der Waals surface area contributed by atoms with Crippen LogP contribution in [0.3, 0.4) is 0 Å². The Hall–Kier alpha value is -3.36. The largest absolute Gasteiger partial charge is 0.508 e. The van der Waals surface area contributed by atoms with Crippen LogP contribution in [0.2, 0.25) is 0 Å². The monoisotopic (exact) mass is 528 g/mol. The molecular formula is C22H32N4O9S. The number of amides is 3. The van der Waals surface area contributed by atoms with Gasteiger partial charge in [-0.05, 0) is 43.0 Å². The van der Waals surface area contributed by atoms with Crippen LogP contribution in [-0.4, -0.2) is 92.4 Å². The van der Waals surface area contributed by atoms with Gasteiger partial charge in [0.05, 0.1) is 12.5 Å². The second kappa shape index (κ2) is 14.9. The third-order valence-electron chi connectivity index (χ3n) is 5.07. The summed E-state index contributed by atoms with van der Waals surface area (Å²) >= 11 is 1.36. The van der Waals surface area contributed by atoms with Gasteiger partial charge in [0.2, 0.25) is 17.7 Å². The molecule has 0 fully saturated rings. The van der Waals surface area contributed by atoms with Crippen LogP contribution >= 0.6 is 11.8 Å². The number of thioether (sulfide) groups is 1. The maximum Gasteiger partial charge on any atom is 0.326 e. The first-order valence-corrected chi connectivity index (χ1v) is 12.3. The molecule has 9 N–H and O–H groups in total. The van der Waals surface area contributed by atoms with Gasteiger partial charge in [0.25, 0.3) is 0 Å². The van der Waals surface area contributed by atoms with Crippen molar-refractivity contribution in [2.24, 2.45) is 5.73 Å². The van der Waals surface area contributed by atoms with E-state index in [1.807, 2.05) is 0 Å². The van der Waals surface area contributed by atoms with Gasteiger partial charge in [0.1, 0.15) is 29.9 Å². The predicted molar refractivity (Wildman–Crippen MR) is 130 cm³/mol. The van der Waals surface area contributed by atoms with Crippen LogP contribution < -0.4 is 21.7 Å². The van der Waals surface area contributed by atoms with E-state index in [0.717, 1.165) is 0 Å². The summed E-state index contributed by atoms with van der Waals surface area (Å²) < 4.78 is 0. The number of nitrogens with one attached hydrogen (secondary N) is 3. The fourth-order valence-corrected chi connectivity index (χ4v) is 3.46. The van der Waals surface area contributed by atoms with Crippen molar-refractivity contribution in [2.45, 2.75) is 56.5 Å². The molecule has 3 amide bonds. The maximum absolute atomic E-state index is 13.1. The lowest BCUT2D eigenvalue weighted by Crippen LogP contribution is -2.58. The van der Waals surface area contributed by atoms with Gasteiger partial charge in [-0.25, -0.2) is 4.79 Å². The number of rotatable bonds is 15. The number of carboxylic acid groups (broad SMARTS) is 2. The summed E-state index contributed by atoms with van der Waals surface area (Å²) in [5.41, 5.74) is 6.21. The SMILES string of the molecule is CSCCC(NC(=O)C(Cc1ccc(O)cc1)NC(=O)C(N)C(C)O)C(=O)NC(CC(=O)O)C(=O)O. The van der Waals surface area contributed by atoms with E-state index < -0.39 is 66.4 Å². The van der Waals surface area contributed by atoms with Crippen molar-refractivity contribution >= 4 is 41.4 Å². The molecule has 36 heavy (non-hydrogen) atoms. The normalized spacial score (nSPS) is 15.0. The molecule has 1 aromatic rings. The summed E-state index contributed by atoms with van der Waals surface area (Å²) in [4.78, 5) is 60.6. The van der Waals surface area contributed by atoms with Crippen LogP contribution in [0.15, 0.2) is 24.3 Å². The van der Waals surface area contributed by atoms with Gasteiger partial charge in [0, 0.05) is 6.42 Å². The first-order valence-electron chi connectivity index (χ1n) is 10.9. The number of phenolic OH excluding ortho intramolecular Hbond substituents is 1. The lowest BCUT2D eigenvalue weighted by Gasteiger charge is -2.25. The molecule has 0 heterocycles. The number of nitrogens with two attached hydrogens (primary N) is 1. The van der Waals surface area contributed by atoms with E-state index >= 15 is 0 Å². The summed E-state index contributed by atoms with van der Waals surface area (Å²) in [6.07, 6.45) is -0.277. The first-order chi connectivity index (χ1) is 16.8. The average molecular weight is 529 g/mol. The molecule has 0 saturated carbocycles. The molecule has 0 bridgehead atoms. The zero-order chi connectivity index (χ0) is 27.4. The Bertz CT molecular complexity index is 927. The smallest absolute Gasteiger partial charge is 0.326 e. The van der Waals surface area contributed by atoms with E-state index in [4.69, 9.17) is 10.8 Å². The van der Waals surface area contributed by atoms with E-state index in [1.54, 1.807) is 6.26 Å². The van der Waals surface area contributed by atoms with Crippen molar-refractivity contribution in [3.8, 4) is 5.75 Å². The highest BCUT2D eigenvalue weighted by Gasteiger charge is 2.31. The number of hydrogen-bond donors (Lipinski definition) is 8. The van der Waals surface area contributed by atoms with E-state index in [0.29, 0.717) is 11.3 Å². The van der Waals surface area contributed by atoms with E-state index in [-0.39, 0.29) is 18.6 Å². The third kappa shape index (κ3) is 10.5. The van der Waals surface area contributed by atoms with Gasteiger partial charge in [-0.3, -0.25) is 19.2 Å². The standard InChI is InChI=1S/C22H32N4O9S/c1-11(27)18(23)21(33)25-15(9-12-3-5-13(28)6-4-12)20(32)24-14(7-8-36-2)19(31)26-16(22(34)35)10-17(29)30/h3-6,11,14-16,18,27-28H,7-10,23H2,1-2H3,(H,24,32)(H,25,33)(H,26,31)(H,29,30)(H,34,35). The van der Waals surface area contributed by atoms with Crippen LogP contribution in [0.4, 0.5) is 0 Å². The highest BCUT2D eigenvalue weighted by Crippen LogP contribution is 2.12. The molecule has 14 heteroatoms. The molecule has 0 saturated heterocycles. The van der Waals surface area contributed by atoms with Crippen molar-refractivity contribution in [2.75, 3.05) is 12.0 Å². The lowest BCUT2D eigenvalue weighted by molar-refractivity contribution is -0.147. The fourth-order valence-electron chi connectivity index (χ4n) is 2.99. The Labute approximate surface area is 211 Å². The minimum atomic E-state index is -1.71. The number of benzene rings is 1.